The molecule has 0 aliphatic rings. The first kappa shape index (κ1) is 16.4. The molecule has 0 aliphatic heterocycles. The molecule has 0 saturated carbocycles. The maximum absolute atomic E-state index is 12.6. The molecule has 2 N–H and O–H groups in total. The van der Waals surface area contributed by atoms with Crippen LogP contribution in [0.5, 0.6) is 0 Å². The Morgan fingerprint density at radius 1 is 1.14 bits per heavy atom. The van der Waals surface area contributed by atoms with Gasteiger partial charge in [-0.15, -0.1) is 0 Å². The topological polar surface area (TPSA) is 97.1 Å². The van der Waals surface area contributed by atoms with Crippen molar-refractivity contribution in [2.24, 2.45) is 5.73 Å². The van der Waals surface area contributed by atoms with Crippen molar-refractivity contribution in [3.05, 3.63) is 26.7 Å². The average molecular weight is 309 g/mol. The van der Waals surface area contributed by atoms with Gasteiger partial charge in [0.25, 0.3) is 5.56 Å². The van der Waals surface area contributed by atoms with E-state index in [0.29, 0.717) is 49.7 Å². The van der Waals surface area contributed by atoms with Crippen LogP contribution in [0.3, 0.4) is 0 Å². The summed E-state index contributed by atoms with van der Waals surface area (Å²) in [4.78, 5) is 29.6. The number of nitrogens with zero attached hydrogens (tertiary/aromatic N) is 4. The van der Waals surface area contributed by atoms with Crippen LogP contribution in [0.15, 0.2) is 9.59 Å². The van der Waals surface area contributed by atoms with Crippen LogP contribution in [-0.4, -0.2) is 32.4 Å². The first-order valence-corrected chi connectivity index (χ1v) is 7.52. The Kier molecular flexibility index (Phi) is 5.15. The number of ether oxygens (including phenoxy) is 1. The van der Waals surface area contributed by atoms with Gasteiger partial charge in [-0.1, -0.05) is 0 Å². The van der Waals surface area contributed by atoms with E-state index in [4.69, 9.17) is 10.5 Å². The van der Waals surface area contributed by atoms with Gasteiger partial charge in [-0.25, -0.2) is 9.78 Å². The summed E-state index contributed by atoms with van der Waals surface area (Å²) in [5.74, 6) is 0.614. The molecule has 0 fully saturated rings. The van der Waals surface area contributed by atoms with E-state index in [9.17, 15) is 9.59 Å². The van der Waals surface area contributed by atoms with Crippen molar-refractivity contribution in [2.75, 3.05) is 13.7 Å². The van der Waals surface area contributed by atoms with E-state index in [0.717, 1.165) is 0 Å². The lowest BCUT2D eigenvalue weighted by Gasteiger charge is -2.11. The first-order chi connectivity index (χ1) is 10.6. The summed E-state index contributed by atoms with van der Waals surface area (Å²) in [5.41, 5.74) is 5.94. The minimum atomic E-state index is -0.333. The summed E-state index contributed by atoms with van der Waals surface area (Å²) in [7, 11) is 1.61. The first-order valence-electron chi connectivity index (χ1n) is 7.52. The van der Waals surface area contributed by atoms with E-state index < -0.39 is 0 Å². The van der Waals surface area contributed by atoms with Gasteiger partial charge in [0.05, 0.1) is 6.54 Å². The van der Waals surface area contributed by atoms with Crippen LogP contribution in [0.25, 0.3) is 11.2 Å². The second kappa shape index (κ2) is 6.89. The zero-order valence-electron chi connectivity index (χ0n) is 13.3. The second-order valence-corrected chi connectivity index (χ2v) is 4.98. The van der Waals surface area contributed by atoms with E-state index >= 15 is 0 Å². The normalized spacial score (nSPS) is 11.5. The monoisotopic (exact) mass is 309 g/mol. The van der Waals surface area contributed by atoms with E-state index in [1.54, 1.807) is 23.2 Å². The highest BCUT2D eigenvalue weighted by Gasteiger charge is 2.19. The highest BCUT2D eigenvalue weighted by atomic mass is 16.5. The molecule has 0 unspecified atom stereocenters. The molecular weight excluding hydrogens is 286 g/mol. The molecule has 0 aliphatic carbocycles. The van der Waals surface area contributed by atoms with Crippen molar-refractivity contribution < 1.29 is 4.74 Å². The molecule has 0 amide bonds. The summed E-state index contributed by atoms with van der Waals surface area (Å²) >= 11 is 0. The predicted molar refractivity (Wildman–Crippen MR) is 84.0 cm³/mol. The lowest BCUT2D eigenvalue weighted by molar-refractivity contribution is 0.190. The van der Waals surface area contributed by atoms with Gasteiger partial charge in [-0.3, -0.25) is 13.9 Å². The van der Waals surface area contributed by atoms with Crippen LogP contribution in [0.4, 0.5) is 0 Å². The Labute approximate surface area is 128 Å². The Morgan fingerprint density at radius 3 is 2.36 bits per heavy atom. The lowest BCUT2D eigenvalue weighted by atomic mass is 10.4. The van der Waals surface area contributed by atoms with Crippen molar-refractivity contribution in [3.8, 4) is 0 Å². The second-order valence-electron chi connectivity index (χ2n) is 4.98. The predicted octanol–water partition coefficient (Wildman–Crippen LogP) is -0.105. The number of imidazole rings is 1. The number of fused-ring (bicyclic) bond motifs is 1. The number of methoxy groups -OCH3 is 1. The molecule has 8 nitrogen and oxygen atoms in total. The van der Waals surface area contributed by atoms with Gasteiger partial charge in [-0.05, 0) is 20.3 Å². The number of rotatable bonds is 7. The molecule has 0 bridgehead atoms. The standard InChI is InChI=1S/C14H23N5O3/c1-4-17-10(9-15)16-12-11(17)13(20)18(5-2)14(21)19(12)7-6-8-22-3/h4-9,15H2,1-3H3. The highest BCUT2D eigenvalue weighted by molar-refractivity contribution is 5.71. The minimum Gasteiger partial charge on any atom is -0.385 e. The molecule has 2 aromatic heterocycles. The zero-order valence-corrected chi connectivity index (χ0v) is 13.3. The van der Waals surface area contributed by atoms with Gasteiger partial charge in [0.15, 0.2) is 11.2 Å². The highest BCUT2D eigenvalue weighted by Crippen LogP contribution is 2.12. The fraction of sp³-hybridized carbons (Fsp3) is 0.643. The van der Waals surface area contributed by atoms with Crippen molar-refractivity contribution >= 4 is 11.2 Å². The van der Waals surface area contributed by atoms with Crippen molar-refractivity contribution in [3.63, 3.8) is 0 Å². The third-order valence-corrected chi connectivity index (χ3v) is 3.74. The van der Waals surface area contributed by atoms with Crippen LogP contribution in [0.1, 0.15) is 26.1 Å². The van der Waals surface area contributed by atoms with Gasteiger partial charge in [0, 0.05) is 33.4 Å². The number of aromatic nitrogens is 4. The molecule has 2 heterocycles. The van der Waals surface area contributed by atoms with E-state index in [1.807, 2.05) is 6.92 Å². The molecule has 0 radical (unpaired) electrons. The summed E-state index contributed by atoms with van der Waals surface area (Å²) in [6, 6.07) is 0. The molecule has 8 heteroatoms. The van der Waals surface area contributed by atoms with E-state index in [-0.39, 0.29) is 17.8 Å². The molecule has 0 spiro atoms. The van der Waals surface area contributed by atoms with Gasteiger partial charge in [0.2, 0.25) is 0 Å². The molecule has 122 valence electrons. The van der Waals surface area contributed by atoms with E-state index in [2.05, 4.69) is 4.98 Å². The van der Waals surface area contributed by atoms with E-state index in [1.165, 1.54) is 4.57 Å². The van der Waals surface area contributed by atoms with Crippen LogP contribution >= 0.6 is 0 Å². The molecule has 22 heavy (non-hydrogen) atoms. The van der Waals surface area contributed by atoms with Crippen molar-refractivity contribution in [1.29, 1.82) is 0 Å². The number of hydrogen-bond donors (Lipinski definition) is 1. The quantitative estimate of drug-likeness (QED) is 0.720. The van der Waals surface area contributed by atoms with Gasteiger partial charge in [-0.2, -0.15) is 0 Å². The minimum absolute atomic E-state index is 0.223. The van der Waals surface area contributed by atoms with Crippen LogP contribution in [0, 0.1) is 0 Å². The van der Waals surface area contributed by atoms with Crippen LogP contribution < -0.4 is 17.0 Å². The Balaban J connectivity index is 2.79. The fourth-order valence-corrected chi connectivity index (χ4v) is 2.68. The Bertz CT molecular complexity index is 771. The zero-order chi connectivity index (χ0) is 16.3. The summed E-state index contributed by atoms with van der Waals surface area (Å²) in [6.07, 6.45) is 0.671. The van der Waals surface area contributed by atoms with Gasteiger partial charge >= 0.3 is 5.69 Å². The SMILES string of the molecule is CCn1c(=O)c2c(nc(CN)n2CC)n(CCCOC)c1=O. The maximum Gasteiger partial charge on any atom is 0.332 e. The Hall–Kier alpha value is -1.93. The van der Waals surface area contributed by atoms with Crippen molar-refractivity contribution in [1.82, 2.24) is 18.7 Å². The smallest absolute Gasteiger partial charge is 0.332 e. The average Bonchev–Trinajstić information content (AvgIpc) is 2.89. The summed E-state index contributed by atoms with van der Waals surface area (Å²) in [6.45, 7) is 5.83. The van der Waals surface area contributed by atoms with Gasteiger partial charge < -0.3 is 15.0 Å². The molecule has 0 saturated heterocycles. The molecule has 2 rings (SSSR count). The summed E-state index contributed by atoms with van der Waals surface area (Å²) < 4.78 is 9.61. The molecule has 2 aromatic rings. The largest absolute Gasteiger partial charge is 0.385 e. The van der Waals surface area contributed by atoms with Crippen LogP contribution in [0.2, 0.25) is 0 Å². The number of nitrogens with two attached hydrogens (primary N) is 1. The molecule has 0 atom stereocenters. The third kappa shape index (κ3) is 2.59. The maximum atomic E-state index is 12.6. The van der Waals surface area contributed by atoms with Crippen molar-refractivity contribution in [2.45, 2.75) is 46.4 Å². The van der Waals surface area contributed by atoms with Gasteiger partial charge in [0.1, 0.15) is 5.82 Å². The van der Waals surface area contributed by atoms with Crippen LogP contribution in [-0.2, 0) is 30.9 Å². The number of aryl methyl sites for hydroxylation is 2. The summed E-state index contributed by atoms with van der Waals surface area (Å²) in [5, 5.41) is 0. The third-order valence-electron chi connectivity index (χ3n) is 3.74. The lowest BCUT2D eigenvalue weighted by Crippen LogP contribution is -2.40. The Morgan fingerprint density at radius 2 is 1.82 bits per heavy atom. The number of hydrogen-bond acceptors (Lipinski definition) is 5. The molecule has 0 aromatic carbocycles. The fourth-order valence-electron chi connectivity index (χ4n) is 2.68. The molecular formula is C14H23N5O3.